The van der Waals surface area contributed by atoms with Gasteiger partial charge in [-0.3, -0.25) is 0 Å². The molecule has 0 bridgehead atoms. The van der Waals surface area contributed by atoms with Gasteiger partial charge in [-0.25, -0.2) is 0 Å². The van der Waals surface area contributed by atoms with E-state index in [9.17, 15) is 0 Å². The summed E-state index contributed by atoms with van der Waals surface area (Å²) >= 11 is 0. The normalized spacial score (nSPS) is 44.4. The van der Waals surface area contributed by atoms with E-state index in [0.29, 0.717) is 5.92 Å². The largest absolute Gasteiger partial charge is 0.344 e. The van der Waals surface area contributed by atoms with Crippen LogP contribution >= 0.6 is 0 Å². The van der Waals surface area contributed by atoms with Crippen molar-refractivity contribution in [3.05, 3.63) is 12.2 Å². The first kappa shape index (κ1) is 13.1. The molecular weight excluding hydrogens is 212 g/mol. The van der Waals surface area contributed by atoms with E-state index in [0.717, 1.165) is 19.3 Å². The van der Waals surface area contributed by atoms with Crippen molar-refractivity contribution in [3.63, 3.8) is 0 Å². The van der Waals surface area contributed by atoms with Gasteiger partial charge in [-0.15, -0.1) is 0 Å². The minimum Gasteiger partial charge on any atom is -0.344 e. The molecular formula is C15H26O2. The fraction of sp³-hybridized carbons (Fsp3) is 0.867. The Hall–Kier alpha value is -0.340. The summed E-state index contributed by atoms with van der Waals surface area (Å²) < 4.78 is 12.3. The van der Waals surface area contributed by atoms with Crippen LogP contribution in [0.15, 0.2) is 12.2 Å². The molecule has 2 aliphatic rings. The molecule has 0 unspecified atom stereocenters. The van der Waals surface area contributed by atoms with Gasteiger partial charge >= 0.3 is 0 Å². The zero-order chi connectivity index (χ0) is 12.8. The molecule has 1 aliphatic heterocycles. The number of ether oxygens (including phenoxy) is 2. The van der Waals surface area contributed by atoms with Crippen LogP contribution in [-0.2, 0) is 9.47 Å². The molecule has 0 radical (unpaired) electrons. The lowest BCUT2D eigenvalue weighted by Gasteiger charge is -2.34. The molecule has 98 valence electrons. The Kier molecular flexibility index (Phi) is 3.16. The lowest BCUT2D eigenvalue weighted by molar-refractivity contribution is -0.172. The van der Waals surface area contributed by atoms with Gasteiger partial charge in [0.15, 0.2) is 5.79 Å². The third-order valence-corrected chi connectivity index (χ3v) is 5.09. The molecule has 1 aliphatic carbocycles. The molecule has 17 heavy (non-hydrogen) atoms. The van der Waals surface area contributed by atoms with Crippen LogP contribution in [0.5, 0.6) is 0 Å². The molecule has 1 heterocycles. The molecule has 0 aromatic carbocycles. The predicted molar refractivity (Wildman–Crippen MR) is 69.8 cm³/mol. The SMILES string of the molecule is C=C(C)[C@]1(CC)CC2(C[C@H]1C)O[C@H](C)[C@@H](C)O2. The number of hydrogen-bond acceptors (Lipinski definition) is 2. The van der Waals surface area contributed by atoms with Gasteiger partial charge in [0.05, 0.1) is 12.2 Å². The van der Waals surface area contributed by atoms with E-state index in [1.807, 2.05) is 0 Å². The van der Waals surface area contributed by atoms with Crippen molar-refractivity contribution in [3.8, 4) is 0 Å². The Morgan fingerprint density at radius 3 is 2.12 bits per heavy atom. The maximum absolute atomic E-state index is 6.14. The summed E-state index contributed by atoms with van der Waals surface area (Å²) in [5, 5.41) is 0. The van der Waals surface area contributed by atoms with Crippen LogP contribution in [-0.4, -0.2) is 18.0 Å². The summed E-state index contributed by atoms with van der Waals surface area (Å²) in [6.45, 7) is 15.2. The van der Waals surface area contributed by atoms with Gasteiger partial charge in [-0.2, -0.15) is 0 Å². The summed E-state index contributed by atoms with van der Waals surface area (Å²) in [7, 11) is 0. The molecule has 0 aromatic heterocycles. The number of rotatable bonds is 2. The third kappa shape index (κ3) is 1.86. The second kappa shape index (κ2) is 4.10. The zero-order valence-electron chi connectivity index (χ0n) is 11.9. The van der Waals surface area contributed by atoms with Gasteiger partial charge in [0, 0.05) is 12.8 Å². The van der Waals surface area contributed by atoms with Crippen molar-refractivity contribution >= 4 is 0 Å². The van der Waals surface area contributed by atoms with Crippen molar-refractivity contribution in [2.75, 3.05) is 0 Å². The lowest BCUT2D eigenvalue weighted by Crippen LogP contribution is -2.30. The van der Waals surface area contributed by atoms with Crippen LogP contribution in [0.1, 0.15) is 53.9 Å². The molecule has 2 heteroatoms. The number of hydrogen-bond donors (Lipinski definition) is 0. The van der Waals surface area contributed by atoms with E-state index in [1.165, 1.54) is 5.57 Å². The number of allylic oxidation sites excluding steroid dienone is 1. The van der Waals surface area contributed by atoms with E-state index in [1.54, 1.807) is 0 Å². The van der Waals surface area contributed by atoms with E-state index in [4.69, 9.17) is 9.47 Å². The van der Waals surface area contributed by atoms with E-state index in [-0.39, 0.29) is 23.4 Å². The minimum absolute atomic E-state index is 0.198. The topological polar surface area (TPSA) is 18.5 Å². The van der Waals surface area contributed by atoms with Gasteiger partial charge in [0.25, 0.3) is 0 Å². The molecule has 4 atom stereocenters. The van der Waals surface area contributed by atoms with Crippen LogP contribution in [0.3, 0.4) is 0 Å². The van der Waals surface area contributed by atoms with Gasteiger partial charge in [0.2, 0.25) is 0 Å². The molecule has 2 nitrogen and oxygen atoms in total. The van der Waals surface area contributed by atoms with Crippen LogP contribution in [0.2, 0.25) is 0 Å². The van der Waals surface area contributed by atoms with Crippen LogP contribution < -0.4 is 0 Å². The quantitative estimate of drug-likeness (QED) is 0.679. The third-order valence-electron chi connectivity index (χ3n) is 5.09. The molecule has 0 amide bonds. The molecule has 0 N–H and O–H groups in total. The molecule has 2 fully saturated rings. The van der Waals surface area contributed by atoms with Gasteiger partial charge in [-0.1, -0.05) is 26.0 Å². The Morgan fingerprint density at radius 1 is 1.24 bits per heavy atom. The summed E-state index contributed by atoms with van der Waals surface area (Å²) in [5.74, 6) is 0.246. The Morgan fingerprint density at radius 2 is 1.76 bits per heavy atom. The zero-order valence-corrected chi connectivity index (χ0v) is 11.9. The van der Waals surface area contributed by atoms with Gasteiger partial charge < -0.3 is 9.47 Å². The molecule has 1 spiro atoms. The highest BCUT2D eigenvalue weighted by atomic mass is 16.8. The second-order valence-corrected chi connectivity index (χ2v) is 6.13. The van der Waals surface area contributed by atoms with Crippen molar-refractivity contribution < 1.29 is 9.47 Å². The predicted octanol–water partition coefficient (Wildman–Crippen LogP) is 3.91. The average Bonchev–Trinajstić information content (AvgIpc) is 2.65. The standard InChI is InChI=1S/C15H26O2/c1-7-14(10(2)3)9-15(8-11(14)4)16-12(5)13(6)17-15/h11-13H,2,7-9H2,1,3-6H3/t11-,12-,13-,14+/m1/s1. The fourth-order valence-corrected chi connectivity index (χ4v) is 3.81. The van der Waals surface area contributed by atoms with E-state index in [2.05, 4.69) is 41.2 Å². The summed E-state index contributed by atoms with van der Waals surface area (Å²) in [4.78, 5) is 0. The Balaban J connectivity index is 2.25. The molecule has 0 aromatic rings. The highest BCUT2D eigenvalue weighted by Gasteiger charge is 2.57. The van der Waals surface area contributed by atoms with Crippen molar-refractivity contribution in [2.24, 2.45) is 11.3 Å². The van der Waals surface area contributed by atoms with Crippen LogP contribution in [0, 0.1) is 11.3 Å². The molecule has 1 saturated carbocycles. The first-order valence-electron chi connectivity index (χ1n) is 6.87. The molecule has 2 rings (SSSR count). The maximum atomic E-state index is 6.14. The minimum atomic E-state index is -0.340. The van der Waals surface area contributed by atoms with Gasteiger partial charge in [0.1, 0.15) is 0 Å². The van der Waals surface area contributed by atoms with Crippen molar-refractivity contribution in [2.45, 2.75) is 71.9 Å². The smallest absolute Gasteiger partial charge is 0.170 e. The average molecular weight is 238 g/mol. The lowest BCUT2D eigenvalue weighted by atomic mass is 9.71. The first-order valence-corrected chi connectivity index (χ1v) is 6.87. The van der Waals surface area contributed by atoms with Crippen molar-refractivity contribution in [1.29, 1.82) is 0 Å². The summed E-state index contributed by atoms with van der Waals surface area (Å²) in [6.07, 6.45) is 3.52. The highest BCUT2D eigenvalue weighted by molar-refractivity contribution is 5.16. The van der Waals surface area contributed by atoms with Crippen molar-refractivity contribution in [1.82, 2.24) is 0 Å². The monoisotopic (exact) mass is 238 g/mol. The van der Waals surface area contributed by atoms with E-state index < -0.39 is 0 Å². The second-order valence-electron chi connectivity index (χ2n) is 6.13. The van der Waals surface area contributed by atoms with Crippen LogP contribution in [0.4, 0.5) is 0 Å². The van der Waals surface area contributed by atoms with Crippen LogP contribution in [0.25, 0.3) is 0 Å². The Bertz CT molecular complexity index is 313. The summed E-state index contributed by atoms with van der Waals surface area (Å²) in [6, 6.07) is 0. The van der Waals surface area contributed by atoms with Gasteiger partial charge in [-0.05, 0) is 38.5 Å². The van der Waals surface area contributed by atoms with E-state index >= 15 is 0 Å². The molecule has 1 saturated heterocycles. The summed E-state index contributed by atoms with van der Waals surface area (Å²) in [5.41, 5.74) is 1.48. The fourth-order valence-electron chi connectivity index (χ4n) is 3.81. The maximum Gasteiger partial charge on any atom is 0.170 e. The highest BCUT2D eigenvalue weighted by Crippen LogP contribution is 2.58. The first-order chi connectivity index (χ1) is 7.85. The Labute approximate surface area is 105 Å².